The van der Waals surface area contributed by atoms with Crippen LogP contribution in [0.2, 0.25) is 0 Å². The lowest BCUT2D eigenvalue weighted by Crippen LogP contribution is -2.42. The van der Waals surface area contributed by atoms with E-state index >= 15 is 0 Å². The van der Waals surface area contributed by atoms with Crippen molar-refractivity contribution in [1.29, 1.82) is 0 Å². The molecule has 0 aliphatic heterocycles. The highest BCUT2D eigenvalue weighted by Gasteiger charge is 2.24. The second-order valence-corrected chi connectivity index (χ2v) is 6.37. The molecule has 0 bridgehead atoms. The maximum Gasteiger partial charge on any atom is 0.325 e. The summed E-state index contributed by atoms with van der Waals surface area (Å²) in [5.41, 5.74) is 0.366. The third kappa shape index (κ3) is 8.07. The van der Waals surface area contributed by atoms with Crippen molar-refractivity contribution in [2.45, 2.75) is 38.6 Å². The molecule has 3 N–H and O–H groups in total. The van der Waals surface area contributed by atoms with Crippen LogP contribution in [0.3, 0.4) is 0 Å². The molecule has 28 heavy (non-hydrogen) atoms. The second kappa shape index (κ2) is 10.9. The summed E-state index contributed by atoms with van der Waals surface area (Å²) in [5.74, 6) is -1.31. The van der Waals surface area contributed by atoms with Crippen molar-refractivity contribution < 1.29 is 28.7 Å². The van der Waals surface area contributed by atoms with Gasteiger partial charge in [0.15, 0.2) is 6.61 Å². The Morgan fingerprint density at radius 3 is 2.46 bits per heavy atom. The fourth-order valence-corrected chi connectivity index (χ4v) is 2.10. The molecule has 2 rings (SSSR count). The summed E-state index contributed by atoms with van der Waals surface area (Å²) in [5, 5.41) is 7.03. The molecule has 9 heteroatoms. The fraction of sp³-hybridized carbons (Fsp3) is 0.474. The lowest BCUT2D eigenvalue weighted by Gasteiger charge is -2.08. The smallest absolute Gasteiger partial charge is 0.325 e. The number of hydrogen-bond donors (Lipinski definition) is 3. The average molecular weight is 391 g/mol. The van der Waals surface area contributed by atoms with Gasteiger partial charge in [0.05, 0.1) is 6.61 Å². The average Bonchev–Trinajstić information content (AvgIpc) is 3.49. The molecular weight excluding hydrogens is 366 g/mol. The molecule has 152 valence electrons. The fourth-order valence-electron chi connectivity index (χ4n) is 2.10. The molecule has 0 atom stereocenters. The van der Waals surface area contributed by atoms with Gasteiger partial charge >= 0.3 is 12.0 Å². The first-order chi connectivity index (χ1) is 13.5. The number of carbonyl (C=O) groups excluding carboxylic acids is 4. The van der Waals surface area contributed by atoms with E-state index in [9.17, 15) is 19.2 Å². The van der Waals surface area contributed by atoms with E-state index in [1.54, 1.807) is 24.3 Å². The molecule has 1 aromatic rings. The maximum absolute atomic E-state index is 12.0. The number of unbranched alkanes of at least 4 members (excludes halogenated alkanes) is 1. The number of benzene rings is 1. The molecular formula is C19H25N3O6. The van der Waals surface area contributed by atoms with E-state index < -0.39 is 37.0 Å². The van der Waals surface area contributed by atoms with Crippen molar-refractivity contribution in [3.63, 3.8) is 0 Å². The minimum atomic E-state index is -0.786. The minimum Gasteiger partial charge on any atom is -0.494 e. The lowest BCUT2D eigenvalue weighted by atomic mass is 10.2. The lowest BCUT2D eigenvalue weighted by molar-refractivity contribution is -0.147. The number of rotatable bonds is 10. The van der Waals surface area contributed by atoms with Gasteiger partial charge in [-0.3, -0.25) is 19.7 Å². The van der Waals surface area contributed by atoms with Gasteiger partial charge in [-0.1, -0.05) is 13.3 Å². The quantitative estimate of drug-likeness (QED) is 0.406. The summed E-state index contributed by atoms with van der Waals surface area (Å²) < 4.78 is 10.2. The summed E-state index contributed by atoms with van der Waals surface area (Å²) in [6.45, 7) is 1.69. The van der Waals surface area contributed by atoms with Gasteiger partial charge in [0.1, 0.15) is 12.3 Å². The number of esters is 1. The summed E-state index contributed by atoms with van der Waals surface area (Å²) in [6, 6.07) is 6.04. The Bertz CT molecular complexity index is 700. The van der Waals surface area contributed by atoms with Crippen molar-refractivity contribution in [2.24, 2.45) is 0 Å². The molecule has 1 aliphatic carbocycles. The topological polar surface area (TPSA) is 123 Å². The predicted octanol–water partition coefficient (Wildman–Crippen LogP) is 1.13. The molecule has 0 saturated heterocycles. The zero-order valence-corrected chi connectivity index (χ0v) is 15.8. The number of hydrogen-bond acceptors (Lipinski definition) is 6. The van der Waals surface area contributed by atoms with Gasteiger partial charge in [-0.05, 0) is 43.5 Å². The number of nitrogens with one attached hydrogen (secondary N) is 3. The first kappa shape index (κ1) is 21.2. The monoisotopic (exact) mass is 391 g/mol. The van der Waals surface area contributed by atoms with Gasteiger partial charge in [0.2, 0.25) is 0 Å². The number of ether oxygens (including phenoxy) is 2. The Morgan fingerprint density at radius 1 is 1.11 bits per heavy atom. The molecule has 0 heterocycles. The molecule has 1 aliphatic rings. The molecule has 1 fully saturated rings. The Balaban J connectivity index is 1.63. The SMILES string of the molecule is CCCCOc1ccc(C(=O)NCC(=O)OCC(=O)NC(=O)NC2CC2)cc1. The van der Waals surface area contributed by atoms with Crippen LogP contribution in [-0.2, 0) is 14.3 Å². The van der Waals surface area contributed by atoms with Crippen LogP contribution in [0.25, 0.3) is 0 Å². The van der Waals surface area contributed by atoms with E-state index in [-0.39, 0.29) is 6.04 Å². The van der Waals surface area contributed by atoms with E-state index in [1.165, 1.54) is 0 Å². The third-order valence-electron chi connectivity index (χ3n) is 3.81. The molecule has 1 aromatic carbocycles. The Hall–Kier alpha value is -3.10. The highest BCUT2D eigenvalue weighted by atomic mass is 16.5. The molecule has 0 unspecified atom stereocenters. The van der Waals surface area contributed by atoms with E-state index in [2.05, 4.69) is 22.9 Å². The molecule has 9 nitrogen and oxygen atoms in total. The van der Waals surface area contributed by atoms with E-state index in [1.807, 2.05) is 0 Å². The highest BCUT2D eigenvalue weighted by molar-refractivity contribution is 5.97. The van der Waals surface area contributed by atoms with Crippen LogP contribution in [0.15, 0.2) is 24.3 Å². The van der Waals surface area contributed by atoms with Gasteiger partial charge in [-0.25, -0.2) is 4.79 Å². The van der Waals surface area contributed by atoms with Gasteiger partial charge < -0.3 is 20.1 Å². The standard InChI is InChI=1S/C19H25N3O6/c1-2-3-10-27-15-8-4-13(5-9-15)18(25)20-11-17(24)28-12-16(23)22-19(26)21-14-6-7-14/h4-5,8-9,14H,2-3,6-7,10-12H2,1H3,(H,20,25)(H2,21,22,23,26). The van der Waals surface area contributed by atoms with Crippen molar-refractivity contribution in [3.8, 4) is 5.75 Å². The molecule has 4 amide bonds. The predicted molar refractivity (Wildman–Crippen MR) is 99.8 cm³/mol. The minimum absolute atomic E-state index is 0.113. The van der Waals surface area contributed by atoms with Crippen LogP contribution < -0.4 is 20.7 Å². The van der Waals surface area contributed by atoms with Crippen molar-refractivity contribution in [2.75, 3.05) is 19.8 Å². The molecule has 0 aromatic heterocycles. The van der Waals surface area contributed by atoms with Crippen LogP contribution in [0, 0.1) is 0 Å². The van der Waals surface area contributed by atoms with Gasteiger partial charge in [-0.15, -0.1) is 0 Å². The van der Waals surface area contributed by atoms with Crippen molar-refractivity contribution in [1.82, 2.24) is 16.0 Å². The molecule has 0 radical (unpaired) electrons. The third-order valence-corrected chi connectivity index (χ3v) is 3.81. The van der Waals surface area contributed by atoms with E-state index in [0.717, 1.165) is 25.7 Å². The van der Waals surface area contributed by atoms with Crippen LogP contribution >= 0.6 is 0 Å². The Kier molecular flexibility index (Phi) is 8.26. The van der Waals surface area contributed by atoms with Gasteiger partial charge in [0.25, 0.3) is 11.8 Å². The summed E-state index contributed by atoms with van der Waals surface area (Å²) in [7, 11) is 0. The van der Waals surface area contributed by atoms with Crippen LogP contribution in [0.5, 0.6) is 5.75 Å². The Labute approximate surface area is 163 Å². The van der Waals surface area contributed by atoms with Gasteiger partial charge in [0, 0.05) is 11.6 Å². The molecule has 1 saturated carbocycles. The van der Waals surface area contributed by atoms with Crippen LogP contribution in [0.1, 0.15) is 43.0 Å². The zero-order valence-electron chi connectivity index (χ0n) is 15.8. The number of amides is 4. The summed E-state index contributed by atoms with van der Waals surface area (Å²) in [4.78, 5) is 46.5. The normalized spacial score (nSPS) is 12.6. The highest BCUT2D eigenvalue weighted by Crippen LogP contribution is 2.18. The first-order valence-corrected chi connectivity index (χ1v) is 9.25. The van der Waals surface area contributed by atoms with E-state index in [0.29, 0.717) is 17.9 Å². The number of imide groups is 1. The van der Waals surface area contributed by atoms with E-state index in [4.69, 9.17) is 9.47 Å². The van der Waals surface area contributed by atoms with Crippen molar-refractivity contribution in [3.05, 3.63) is 29.8 Å². The number of urea groups is 1. The largest absolute Gasteiger partial charge is 0.494 e. The van der Waals surface area contributed by atoms with Crippen molar-refractivity contribution >= 4 is 23.8 Å². The molecule has 0 spiro atoms. The van der Waals surface area contributed by atoms with Crippen LogP contribution in [-0.4, -0.2) is 49.6 Å². The van der Waals surface area contributed by atoms with Crippen LogP contribution in [0.4, 0.5) is 4.79 Å². The number of carbonyl (C=O) groups is 4. The zero-order chi connectivity index (χ0) is 20.4. The summed E-state index contributed by atoms with van der Waals surface area (Å²) in [6.07, 6.45) is 3.77. The first-order valence-electron chi connectivity index (χ1n) is 9.25. The Morgan fingerprint density at radius 2 is 1.82 bits per heavy atom. The maximum atomic E-state index is 12.0. The second-order valence-electron chi connectivity index (χ2n) is 6.37. The van der Waals surface area contributed by atoms with Gasteiger partial charge in [-0.2, -0.15) is 0 Å². The summed E-state index contributed by atoms with van der Waals surface area (Å²) >= 11 is 0.